The molecule has 0 aromatic heterocycles. The highest BCUT2D eigenvalue weighted by Crippen LogP contribution is 2.39. The van der Waals surface area contributed by atoms with Crippen LogP contribution >= 0.6 is 31.9 Å². The van der Waals surface area contributed by atoms with Gasteiger partial charge in [-0.3, -0.25) is 0 Å². The Morgan fingerprint density at radius 2 is 1.19 bits per heavy atom. The molecule has 0 saturated carbocycles. The van der Waals surface area contributed by atoms with Gasteiger partial charge in [0.2, 0.25) is 0 Å². The Morgan fingerprint density at radius 3 is 1.62 bits per heavy atom. The number of rotatable bonds is 8. The number of hydrogen-bond acceptors (Lipinski definition) is 4. The molecule has 0 radical (unpaired) electrons. The number of nitrogens with zero attached hydrogens (tertiary/aromatic N) is 4. The van der Waals surface area contributed by atoms with Gasteiger partial charge in [-0.1, -0.05) is 26.7 Å². The number of anilines is 2. The van der Waals surface area contributed by atoms with Crippen molar-refractivity contribution < 1.29 is 0 Å². The van der Waals surface area contributed by atoms with Gasteiger partial charge in [0, 0.05) is 46.8 Å². The van der Waals surface area contributed by atoms with Gasteiger partial charge in [-0.15, -0.1) is 0 Å². The molecule has 6 heteroatoms. The van der Waals surface area contributed by atoms with Crippen LogP contribution < -0.4 is 9.80 Å². The van der Waals surface area contributed by atoms with Crippen molar-refractivity contribution in [3.8, 4) is 0 Å². The van der Waals surface area contributed by atoms with Gasteiger partial charge in [0.05, 0.1) is 24.7 Å². The van der Waals surface area contributed by atoms with Crippen molar-refractivity contribution in [2.75, 3.05) is 36.2 Å². The third kappa shape index (κ3) is 4.58. The predicted molar refractivity (Wildman–Crippen MR) is 118 cm³/mol. The summed E-state index contributed by atoms with van der Waals surface area (Å²) in [7, 11) is 0. The molecular weight excluding hydrogens is 456 g/mol. The second-order valence-corrected chi connectivity index (χ2v) is 8.61. The van der Waals surface area contributed by atoms with Crippen LogP contribution in [0, 0.1) is 0 Å². The van der Waals surface area contributed by atoms with Crippen LogP contribution in [0.25, 0.3) is 0 Å². The molecule has 0 bridgehead atoms. The molecule has 2 aliphatic rings. The topological polar surface area (TPSA) is 13.0 Å². The van der Waals surface area contributed by atoms with Crippen LogP contribution in [0.1, 0.15) is 39.5 Å². The van der Waals surface area contributed by atoms with E-state index in [0.29, 0.717) is 0 Å². The summed E-state index contributed by atoms with van der Waals surface area (Å²) >= 11 is 7.50. The van der Waals surface area contributed by atoms with Gasteiger partial charge in [-0.25, -0.2) is 0 Å². The summed E-state index contributed by atoms with van der Waals surface area (Å²) in [5.41, 5.74) is 2.41. The summed E-state index contributed by atoms with van der Waals surface area (Å²) in [6.45, 7) is 8.54. The minimum absolute atomic E-state index is 0.915. The molecule has 0 saturated heterocycles. The lowest BCUT2D eigenvalue weighted by Crippen LogP contribution is -2.27. The van der Waals surface area contributed by atoms with Crippen LogP contribution in [-0.2, 0) is 0 Å². The molecule has 0 fully saturated rings. The van der Waals surface area contributed by atoms with Crippen molar-refractivity contribution in [2.24, 2.45) is 0 Å². The van der Waals surface area contributed by atoms with Crippen molar-refractivity contribution in [1.82, 2.24) is 9.80 Å². The average Bonchev–Trinajstić information content (AvgIpc) is 3.28. The Labute approximate surface area is 174 Å². The number of benzene rings is 1. The normalized spacial score (nSPS) is 16.5. The quantitative estimate of drug-likeness (QED) is 0.455. The highest BCUT2D eigenvalue weighted by Gasteiger charge is 2.21. The molecular formula is C20H28Br2N4. The van der Waals surface area contributed by atoms with Crippen molar-refractivity contribution in [1.29, 1.82) is 0 Å². The molecule has 0 atom stereocenters. The SMILES string of the molecule is CCCCN1C=CN(c2cc(N3C=CN(CCCC)C3)c(Br)cc2Br)C1. The molecule has 2 aliphatic heterocycles. The summed E-state index contributed by atoms with van der Waals surface area (Å²) in [5.74, 6) is 0. The van der Waals surface area contributed by atoms with Gasteiger partial charge in [0.1, 0.15) is 0 Å². The van der Waals surface area contributed by atoms with Gasteiger partial charge < -0.3 is 19.6 Å². The lowest BCUT2D eigenvalue weighted by atomic mass is 10.2. The maximum Gasteiger partial charge on any atom is 0.0942 e. The summed E-state index contributed by atoms with van der Waals surface area (Å²) < 4.78 is 2.22. The molecule has 0 unspecified atom stereocenters. The van der Waals surface area contributed by atoms with E-state index in [4.69, 9.17) is 0 Å². The Balaban J connectivity index is 1.72. The van der Waals surface area contributed by atoms with E-state index in [1.807, 2.05) is 0 Å². The van der Waals surface area contributed by atoms with E-state index < -0.39 is 0 Å². The minimum atomic E-state index is 0.915. The third-order valence-corrected chi connectivity index (χ3v) is 6.09. The van der Waals surface area contributed by atoms with Crippen LogP contribution in [0.15, 0.2) is 45.9 Å². The Hall–Kier alpha value is -1.14. The van der Waals surface area contributed by atoms with Crippen molar-refractivity contribution in [3.63, 3.8) is 0 Å². The van der Waals surface area contributed by atoms with E-state index in [9.17, 15) is 0 Å². The van der Waals surface area contributed by atoms with Gasteiger partial charge in [0.15, 0.2) is 0 Å². The minimum Gasteiger partial charge on any atom is -0.358 e. The molecule has 2 heterocycles. The smallest absolute Gasteiger partial charge is 0.0942 e. The fourth-order valence-corrected chi connectivity index (χ4v) is 4.67. The van der Waals surface area contributed by atoms with Gasteiger partial charge in [-0.2, -0.15) is 0 Å². The number of hydrogen-bond donors (Lipinski definition) is 0. The highest BCUT2D eigenvalue weighted by molar-refractivity contribution is 9.11. The van der Waals surface area contributed by atoms with Crippen molar-refractivity contribution >= 4 is 43.2 Å². The summed E-state index contributed by atoms with van der Waals surface area (Å²) in [6.07, 6.45) is 13.7. The zero-order valence-electron chi connectivity index (χ0n) is 15.7. The maximum absolute atomic E-state index is 3.75. The van der Waals surface area contributed by atoms with Gasteiger partial charge in [0.25, 0.3) is 0 Å². The Kier molecular flexibility index (Phi) is 6.92. The average molecular weight is 484 g/mol. The second kappa shape index (κ2) is 9.18. The van der Waals surface area contributed by atoms with Gasteiger partial charge >= 0.3 is 0 Å². The van der Waals surface area contributed by atoms with Crippen molar-refractivity contribution in [3.05, 3.63) is 45.9 Å². The van der Waals surface area contributed by atoms with Crippen LogP contribution in [0.4, 0.5) is 11.4 Å². The van der Waals surface area contributed by atoms with E-state index in [1.54, 1.807) is 0 Å². The van der Waals surface area contributed by atoms with E-state index in [1.165, 1.54) is 37.1 Å². The Morgan fingerprint density at radius 1 is 0.731 bits per heavy atom. The molecule has 142 valence electrons. The van der Waals surface area contributed by atoms with E-state index in [-0.39, 0.29) is 0 Å². The van der Waals surface area contributed by atoms with Crippen LogP contribution in [-0.4, -0.2) is 36.2 Å². The summed E-state index contributed by atoms with van der Waals surface area (Å²) in [4.78, 5) is 9.37. The van der Waals surface area contributed by atoms with E-state index in [2.05, 4.69) is 102 Å². The predicted octanol–water partition coefficient (Wildman–Crippen LogP) is 5.91. The standard InChI is InChI=1S/C20H28Br2N4/c1-3-5-7-23-9-11-25(15-23)19-14-20(18(22)13-17(19)21)26-12-10-24(16-26)8-6-4-2/h9-14H,3-8,15-16H2,1-2H3. The zero-order valence-corrected chi connectivity index (χ0v) is 18.8. The summed E-state index contributed by atoms with van der Waals surface area (Å²) in [5, 5.41) is 0. The molecule has 0 N–H and O–H groups in total. The number of unbranched alkanes of at least 4 members (excludes halogenated alkanes) is 2. The van der Waals surface area contributed by atoms with Crippen molar-refractivity contribution in [2.45, 2.75) is 39.5 Å². The first kappa shape index (κ1) is 19.6. The highest BCUT2D eigenvalue weighted by atomic mass is 79.9. The first-order chi connectivity index (χ1) is 12.6. The molecule has 0 amide bonds. The van der Waals surface area contributed by atoms with Crippen LogP contribution in [0.2, 0.25) is 0 Å². The monoisotopic (exact) mass is 482 g/mol. The lowest BCUT2D eigenvalue weighted by Gasteiger charge is -2.26. The number of halogens is 2. The molecule has 0 spiro atoms. The first-order valence-corrected chi connectivity index (χ1v) is 11.1. The van der Waals surface area contributed by atoms with Crippen LogP contribution in [0.5, 0.6) is 0 Å². The molecule has 4 nitrogen and oxygen atoms in total. The largest absolute Gasteiger partial charge is 0.358 e. The van der Waals surface area contributed by atoms with Crippen LogP contribution in [0.3, 0.4) is 0 Å². The summed E-state index contributed by atoms with van der Waals surface area (Å²) in [6, 6.07) is 4.44. The Bertz CT molecular complexity index is 621. The van der Waals surface area contributed by atoms with E-state index in [0.717, 1.165) is 35.4 Å². The first-order valence-electron chi connectivity index (χ1n) is 9.49. The second-order valence-electron chi connectivity index (χ2n) is 6.91. The molecule has 0 aliphatic carbocycles. The molecule has 26 heavy (non-hydrogen) atoms. The zero-order chi connectivity index (χ0) is 18.5. The third-order valence-electron chi connectivity index (χ3n) is 4.82. The maximum atomic E-state index is 3.75. The molecule has 1 aromatic rings. The molecule has 1 aromatic carbocycles. The van der Waals surface area contributed by atoms with Gasteiger partial charge in [-0.05, 0) is 56.8 Å². The fourth-order valence-electron chi connectivity index (χ4n) is 3.22. The molecule has 3 rings (SSSR count). The lowest BCUT2D eigenvalue weighted by molar-refractivity contribution is 0.395. The van der Waals surface area contributed by atoms with E-state index >= 15 is 0 Å². The fraction of sp³-hybridized carbons (Fsp3) is 0.500.